The van der Waals surface area contributed by atoms with Crippen LogP contribution in [0.25, 0.3) is 0 Å². The number of thiophene rings is 1. The molecule has 2 heterocycles. The molecule has 1 amide bonds. The molecule has 1 N–H and O–H groups in total. The van der Waals surface area contributed by atoms with Crippen LogP contribution in [0.3, 0.4) is 0 Å². The van der Waals surface area contributed by atoms with Crippen molar-refractivity contribution in [3.63, 3.8) is 0 Å². The van der Waals surface area contributed by atoms with Crippen LogP contribution in [-0.4, -0.2) is 55.5 Å². The summed E-state index contributed by atoms with van der Waals surface area (Å²) in [6.07, 6.45) is 2.23. The maximum Gasteiger partial charge on any atom is 0.236 e. The van der Waals surface area contributed by atoms with Crippen molar-refractivity contribution in [3.8, 4) is 0 Å². The number of amides is 1. The first-order chi connectivity index (χ1) is 9.56. The standard InChI is InChI=1S/C14H22BrN3OS/c1-17(2)14(19)10-18-6-3-11(4-7-18)16-9-13-12(15)5-8-20-13/h5,8,11,16H,3-4,6-7,9-10H2,1-2H3. The Morgan fingerprint density at radius 2 is 2.20 bits per heavy atom. The monoisotopic (exact) mass is 359 g/mol. The molecular weight excluding hydrogens is 338 g/mol. The number of likely N-dealkylation sites (N-methyl/N-ethyl adjacent to an activating group) is 1. The Balaban J connectivity index is 1.69. The quantitative estimate of drug-likeness (QED) is 0.874. The van der Waals surface area contributed by atoms with E-state index in [0.717, 1.165) is 32.5 Å². The van der Waals surface area contributed by atoms with Crippen molar-refractivity contribution < 1.29 is 4.79 Å². The van der Waals surface area contributed by atoms with Gasteiger partial charge in [0, 0.05) is 49.1 Å². The van der Waals surface area contributed by atoms with Crippen LogP contribution in [0.2, 0.25) is 0 Å². The fourth-order valence-electron chi connectivity index (χ4n) is 2.32. The molecule has 0 bridgehead atoms. The lowest BCUT2D eigenvalue weighted by Gasteiger charge is -2.32. The average Bonchev–Trinajstić information content (AvgIpc) is 2.83. The summed E-state index contributed by atoms with van der Waals surface area (Å²) in [6.45, 7) is 3.49. The summed E-state index contributed by atoms with van der Waals surface area (Å²) < 4.78 is 1.20. The van der Waals surface area contributed by atoms with Crippen molar-refractivity contribution in [2.75, 3.05) is 33.7 Å². The lowest BCUT2D eigenvalue weighted by molar-refractivity contribution is -0.130. The maximum absolute atomic E-state index is 11.7. The Morgan fingerprint density at radius 1 is 1.50 bits per heavy atom. The molecule has 112 valence electrons. The molecule has 0 unspecified atom stereocenters. The number of hydrogen-bond donors (Lipinski definition) is 1. The number of halogens is 1. The highest BCUT2D eigenvalue weighted by atomic mass is 79.9. The van der Waals surface area contributed by atoms with Gasteiger partial charge >= 0.3 is 0 Å². The first-order valence-electron chi connectivity index (χ1n) is 6.94. The fourth-order valence-corrected chi connectivity index (χ4v) is 3.76. The fraction of sp³-hybridized carbons (Fsp3) is 0.643. The lowest BCUT2D eigenvalue weighted by atomic mass is 10.1. The van der Waals surface area contributed by atoms with Gasteiger partial charge in [-0.25, -0.2) is 0 Å². The molecule has 1 aliphatic heterocycles. The molecule has 0 aliphatic carbocycles. The molecule has 0 spiro atoms. The van der Waals surface area contributed by atoms with Gasteiger partial charge in [-0.3, -0.25) is 9.69 Å². The van der Waals surface area contributed by atoms with Crippen molar-refractivity contribution in [3.05, 3.63) is 20.8 Å². The van der Waals surface area contributed by atoms with Crippen LogP contribution in [0.1, 0.15) is 17.7 Å². The predicted molar refractivity (Wildman–Crippen MR) is 87.0 cm³/mol. The molecule has 4 nitrogen and oxygen atoms in total. The highest BCUT2D eigenvalue weighted by Crippen LogP contribution is 2.22. The minimum Gasteiger partial charge on any atom is -0.348 e. The van der Waals surface area contributed by atoms with Crippen molar-refractivity contribution in [2.45, 2.75) is 25.4 Å². The Morgan fingerprint density at radius 3 is 2.75 bits per heavy atom. The van der Waals surface area contributed by atoms with Gasteiger partial charge in [0.25, 0.3) is 0 Å². The summed E-state index contributed by atoms with van der Waals surface area (Å²) >= 11 is 5.34. The van der Waals surface area contributed by atoms with Gasteiger partial charge in [-0.05, 0) is 40.2 Å². The van der Waals surface area contributed by atoms with Crippen LogP contribution in [0.15, 0.2) is 15.9 Å². The molecule has 1 aliphatic rings. The first-order valence-corrected chi connectivity index (χ1v) is 8.61. The third-order valence-corrected chi connectivity index (χ3v) is 5.61. The summed E-state index contributed by atoms with van der Waals surface area (Å²) in [5.74, 6) is 0.193. The average molecular weight is 360 g/mol. The van der Waals surface area contributed by atoms with E-state index in [0.29, 0.717) is 12.6 Å². The van der Waals surface area contributed by atoms with Gasteiger partial charge in [-0.2, -0.15) is 0 Å². The predicted octanol–water partition coefficient (Wildman–Crippen LogP) is 2.15. The molecule has 0 aromatic carbocycles. The Hall–Kier alpha value is -0.430. The van der Waals surface area contributed by atoms with E-state index in [4.69, 9.17) is 0 Å². The van der Waals surface area contributed by atoms with Gasteiger partial charge < -0.3 is 10.2 Å². The molecular formula is C14H22BrN3OS. The van der Waals surface area contributed by atoms with Crippen LogP contribution >= 0.6 is 27.3 Å². The third-order valence-electron chi connectivity index (χ3n) is 3.69. The van der Waals surface area contributed by atoms with Crippen LogP contribution in [0.4, 0.5) is 0 Å². The van der Waals surface area contributed by atoms with Crippen molar-refractivity contribution in [1.82, 2.24) is 15.1 Å². The summed E-state index contributed by atoms with van der Waals surface area (Å²) in [6, 6.07) is 2.66. The molecule has 1 saturated heterocycles. The smallest absolute Gasteiger partial charge is 0.236 e. The largest absolute Gasteiger partial charge is 0.348 e. The minimum atomic E-state index is 0.193. The van der Waals surface area contributed by atoms with Crippen molar-refractivity contribution >= 4 is 33.2 Å². The first kappa shape index (κ1) is 15.9. The topological polar surface area (TPSA) is 35.6 Å². The second kappa shape index (κ2) is 7.54. The van der Waals surface area contributed by atoms with E-state index in [-0.39, 0.29) is 5.91 Å². The number of likely N-dealkylation sites (tertiary alicyclic amines) is 1. The van der Waals surface area contributed by atoms with Crippen molar-refractivity contribution in [2.24, 2.45) is 0 Å². The number of hydrogen-bond acceptors (Lipinski definition) is 4. The third kappa shape index (κ3) is 4.55. The van der Waals surface area contributed by atoms with Gasteiger partial charge in [-0.15, -0.1) is 11.3 Å². The number of carbonyl (C=O) groups is 1. The van der Waals surface area contributed by atoms with Gasteiger partial charge in [0.15, 0.2) is 0 Å². The van der Waals surface area contributed by atoms with E-state index in [9.17, 15) is 4.79 Å². The number of nitrogens with one attached hydrogen (secondary N) is 1. The van der Waals surface area contributed by atoms with E-state index < -0.39 is 0 Å². The van der Waals surface area contributed by atoms with E-state index in [2.05, 4.69) is 37.6 Å². The summed E-state index contributed by atoms with van der Waals surface area (Å²) in [5.41, 5.74) is 0. The molecule has 20 heavy (non-hydrogen) atoms. The number of nitrogens with zero attached hydrogens (tertiary/aromatic N) is 2. The molecule has 0 saturated carbocycles. The molecule has 6 heteroatoms. The second-order valence-corrected chi connectivity index (χ2v) is 7.27. The zero-order chi connectivity index (χ0) is 14.5. The summed E-state index contributed by atoms with van der Waals surface area (Å²) in [4.78, 5) is 16.9. The lowest BCUT2D eigenvalue weighted by Crippen LogP contribution is -2.45. The SMILES string of the molecule is CN(C)C(=O)CN1CCC(NCc2sccc2Br)CC1. The molecule has 1 aromatic rings. The zero-order valence-corrected chi connectivity index (χ0v) is 14.5. The Labute approximate surface area is 133 Å². The summed E-state index contributed by atoms with van der Waals surface area (Å²) in [7, 11) is 3.63. The molecule has 0 radical (unpaired) electrons. The number of piperidine rings is 1. The van der Waals surface area contributed by atoms with Crippen LogP contribution < -0.4 is 5.32 Å². The van der Waals surface area contributed by atoms with E-state index in [1.807, 2.05) is 14.1 Å². The van der Waals surface area contributed by atoms with Crippen LogP contribution in [-0.2, 0) is 11.3 Å². The molecule has 1 aromatic heterocycles. The van der Waals surface area contributed by atoms with Gasteiger partial charge in [0.2, 0.25) is 5.91 Å². The highest BCUT2D eigenvalue weighted by molar-refractivity contribution is 9.10. The van der Waals surface area contributed by atoms with E-state index >= 15 is 0 Å². The molecule has 0 atom stereocenters. The van der Waals surface area contributed by atoms with E-state index in [1.165, 1.54) is 9.35 Å². The highest BCUT2D eigenvalue weighted by Gasteiger charge is 2.21. The normalized spacial score (nSPS) is 17.4. The van der Waals surface area contributed by atoms with Gasteiger partial charge in [0.05, 0.1) is 6.54 Å². The zero-order valence-electron chi connectivity index (χ0n) is 12.1. The molecule has 1 fully saturated rings. The van der Waals surface area contributed by atoms with Gasteiger partial charge in [0.1, 0.15) is 0 Å². The van der Waals surface area contributed by atoms with Gasteiger partial charge in [-0.1, -0.05) is 0 Å². The Bertz CT molecular complexity index is 441. The van der Waals surface area contributed by atoms with Crippen molar-refractivity contribution in [1.29, 1.82) is 0 Å². The van der Waals surface area contributed by atoms with E-state index in [1.54, 1.807) is 16.2 Å². The number of rotatable bonds is 5. The molecule has 2 rings (SSSR count). The summed E-state index contributed by atoms with van der Waals surface area (Å²) in [5, 5.41) is 5.73. The number of carbonyl (C=O) groups excluding carboxylic acids is 1. The van der Waals surface area contributed by atoms with Crippen LogP contribution in [0, 0.1) is 0 Å². The second-order valence-electron chi connectivity index (χ2n) is 5.41. The van der Waals surface area contributed by atoms with Crippen LogP contribution in [0.5, 0.6) is 0 Å². The Kier molecular flexibility index (Phi) is 6.01. The minimum absolute atomic E-state index is 0.193. The maximum atomic E-state index is 11.7.